The lowest BCUT2D eigenvalue weighted by Gasteiger charge is -2.39. The molecule has 1 aromatic rings. The predicted molar refractivity (Wildman–Crippen MR) is 104 cm³/mol. The number of carbonyl (C=O) groups excluding carboxylic acids is 2. The van der Waals surface area contributed by atoms with Crippen molar-refractivity contribution in [2.45, 2.75) is 37.0 Å². The van der Waals surface area contributed by atoms with E-state index in [1.165, 1.54) is 6.42 Å². The highest BCUT2D eigenvalue weighted by Crippen LogP contribution is 2.37. The fraction of sp³-hybridized carbons (Fsp3) is 0.600. The van der Waals surface area contributed by atoms with E-state index >= 15 is 0 Å². The van der Waals surface area contributed by atoms with Crippen molar-refractivity contribution >= 4 is 29.3 Å². The summed E-state index contributed by atoms with van der Waals surface area (Å²) in [5.41, 5.74) is 1.41. The van der Waals surface area contributed by atoms with Gasteiger partial charge in [-0.2, -0.15) is 0 Å². The molecule has 4 rings (SSSR count). The fourth-order valence-corrected chi connectivity index (χ4v) is 5.38. The van der Waals surface area contributed by atoms with E-state index in [2.05, 4.69) is 11.4 Å². The lowest BCUT2D eigenvalue weighted by atomic mass is 9.78. The lowest BCUT2D eigenvalue weighted by molar-refractivity contribution is -0.135. The van der Waals surface area contributed by atoms with Gasteiger partial charge in [0.25, 0.3) is 0 Å². The molecule has 2 saturated heterocycles. The van der Waals surface area contributed by atoms with Crippen LogP contribution in [0.1, 0.15) is 32.1 Å². The largest absolute Gasteiger partial charge is 0.343 e. The fourth-order valence-electron chi connectivity index (χ4n) is 4.39. The average Bonchev–Trinajstić information content (AvgIpc) is 3.14. The number of hydrogen-bond donors (Lipinski definition) is 1. The van der Waals surface area contributed by atoms with E-state index in [-0.39, 0.29) is 11.8 Å². The van der Waals surface area contributed by atoms with Gasteiger partial charge >= 0.3 is 0 Å². The van der Waals surface area contributed by atoms with E-state index < -0.39 is 0 Å². The molecule has 1 spiro atoms. The molecule has 140 valence electrons. The van der Waals surface area contributed by atoms with Crippen molar-refractivity contribution < 1.29 is 9.59 Å². The molecule has 3 heterocycles. The number of nitrogens with one attached hydrogen (secondary N) is 1. The summed E-state index contributed by atoms with van der Waals surface area (Å²) < 4.78 is 0. The number of anilines is 1. The van der Waals surface area contributed by atoms with Gasteiger partial charge in [0.05, 0.1) is 5.69 Å². The van der Waals surface area contributed by atoms with Gasteiger partial charge in [-0.1, -0.05) is 12.1 Å². The lowest BCUT2D eigenvalue weighted by Crippen LogP contribution is -2.44. The Morgan fingerprint density at radius 1 is 1.04 bits per heavy atom. The average molecular weight is 374 g/mol. The van der Waals surface area contributed by atoms with Crippen molar-refractivity contribution in [2.24, 2.45) is 5.41 Å². The number of thioether (sulfide) groups is 1. The Kier molecular flexibility index (Phi) is 5.23. The molecular weight excluding hydrogens is 346 g/mol. The standard InChI is InChI=1S/C20H27N3O2S/c24-18(22-11-8-20(9-12-22)7-10-21-15-20)5-6-19(25)23-13-14-26-17-4-2-1-3-16(17)23/h1-4,21H,5-15H2. The van der Waals surface area contributed by atoms with Gasteiger partial charge in [-0.25, -0.2) is 0 Å². The van der Waals surface area contributed by atoms with Crippen LogP contribution in [-0.2, 0) is 9.59 Å². The number of para-hydroxylation sites is 1. The van der Waals surface area contributed by atoms with Gasteiger partial charge in [0.1, 0.15) is 0 Å². The van der Waals surface area contributed by atoms with Crippen molar-refractivity contribution in [1.82, 2.24) is 10.2 Å². The van der Waals surface area contributed by atoms with Crippen LogP contribution in [0.3, 0.4) is 0 Å². The molecule has 3 aliphatic rings. The van der Waals surface area contributed by atoms with E-state index in [0.29, 0.717) is 18.3 Å². The number of carbonyl (C=O) groups is 2. The molecule has 0 aromatic heterocycles. The SMILES string of the molecule is O=C(CCC(=O)N1CCSc2ccccc21)N1CCC2(CCNC2)CC1. The molecular formula is C20H27N3O2S. The van der Waals surface area contributed by atoms with Gasteiger partial charge in [-0.15, -0.1) is 11.8 Å². The highest BCUT2D eigenvalue weighted by atomic mass is 32.2. The Hall–Kier alpha value is -1.53. The maximum atomic E-state index is 12.7. The van der Waals surface area contributed by atoms with Gasteiger partial charge in [-0.05, 0) is 43.4 Å². The summed E-state index contributed by atoms with van der Waals surface area (Å²) in [6.45, 7) is 4.63. The second-order valence-electron chi connectivity index (χ2n) is 7.67. The summed E-state index contributed by atoms with van der Waals surface area (Å²) in [6.07, 6.45) is 4.06. The van der Waals surface area contributed by atoms with E-state index in [0.717, 1.165) is 61.9 Å². The predicted octanol–water partition coefficient (Wildman–Crippen LogP) is 2.51. The van der Waals surface area contributed by atoms with Crippen molar-refractivity contribution in [1.29, 1.82) is 0 Å². The quantitative estimate of drug-likeness (QED) is 0.885. The van der Waals surface area contributed by atoms with Crippen LogP contribution in [0.5, 0.6) is 0 Å². The summed E-state index contributed by atoms with van der Waals surface area (Å²) in [6, 6.07) is 8.04. The summed E-state index contributed by atoms with van der Waals surface area (Å²) in [5.74, 6) is 1.12. The van der Waals surface area contributed by atoms with Gasteiger partial charge in [0.2, 0.25) is 11.8 Å². The number of benzene rings is 1. The van der Waals surface area contributed by atoms with Gasteiger partial charge in [-0.3, -0.25) is 9.59 Å². The smallest absolute Gasteiger partial charge is 0.227 e. The first-order chi connectivity index (χ1) is 12.7. The zero-order valence-electron chi connectivity index (χ0n) is 15.2. The van der Waals surface area contributed by atoms with Crippen LogP contribution in [0, 0.1) is 5.41 Å². The van der Waals surface area contributed by atoms with Crippen LogP contribution >= 0.6 is 11.8 Å². The van der Waals surface area contributed by atoms with Crippen LogP contribution in [0.25, 0.3) is 0 Å². The molecule has 2 fully saturated rings. The minimum Gasteiger partial charge on any atom is -0.343 e. The number of hydrogen-bond acceptors (Lipinski definition) is 4. The van der Waals surface area contributed by atoms with Crippen molar-refractivity contribution in [3.8, 4) is 0 Å². The molecule has 1 N–H and O–H groups in total. The first kappa shape index (κ1) is 17.9. The number of nitrogens with zero attached hydrogens (tertiary/aromatic N) is 2. The number of rotatable bonds is 3. The second-order valence-corrected chi connectivity index (χ2v) is 8.81. The molecule has 0 saturated carbocycles. The van der Waals surface area contributed by atoms with Crippen molar-refractivity contribution in [2.75, 3.05) is 43.4 Å². The van der Waals surface area contributed by atoms with Crippen LogP contribution in [-0.4, -0.2) is 55.2 Å². The van der Waals surface area contributed by atoms with Crippen LogP contribution < -0.4 is 10.2 Å². The molecule has 0 radical (unpaired) electrons. The van der Waals surface area contributed by atoms with Crippen LogP contribution in [0.4, 0.5) is 5.69 Å². The third kappa shape index (κ3) is 3.62. The van der Waals surface area contributed by atoms with Crippen LogP contribution in [0.2, 0.25) is 0 Å². The van der Waals surface area contributed by atoms with E-state index in [9.17, 15) is 9.59 Å². The Labute approximate surface area is 159 Å². The molecule has 3 aliphatic heterocycles. The third-order valence-electron chi connectivity index (χ3n) is 6.09. The summed E-state index contributed by atoms with van der Waals surface area (Å²) >= 11 is 1.79. The van der Waals surface area contributed by atoms with Gasteiger partial charge in [0, 0.05) is 49.7 Å². The first-order valence-electron chi connectivity index (χ1n) is 9.68. The monoisotopic (exact) mass is 373 g/mol. The number of piperidine rings is 1. The Bertz CT molecular complexity index is 677. The van der Waals surface area contributed by atoms with E-state index in [4.69, 9.17) is 0 Å². The van der Waals surface area contributed by atoms with Gasteiger partial charge < -0.3 is 15.1 Å². The number of fused-ring (bicyclic) bond motifs is 1. The molecule has 2 amide bonds. The first-order valence-corrected chi connectivity index (χ1v) is 10.7. The number of amides is 2. The summed E-state index contributed by atoms with van der Waals surface area (Å²) in [4.78, 5) is 30.2. The van der Waals surface area contributed by atoms with E-state index in [1.54, 1.807) is 11.8 Å². The van der Waals surface area contributed by atoms with Crippen molar-refractivity contribution in [3.63, 3.8) is 0 Å². The molecule has 6 heteroatoms. The normalized spacial score (nSPS) is 21.7. The Morgan fingerprint density at radius 2 is 1.81 bits per heavy atom. The molecule has 5 nitrogen and oxygen atoms in total. The zero-order valence-corrected chi connectivity index (χ0v) is 16.0. The Balaban J connectivity index is 1.29. The molecule has 26 heavy (non-hydrogen) atoms. The third-order valence-corrected chi connectivity index (χ3v) is 7.13. The highest BCUT2D eigenvalue weighted by molar-refractivity contribution is 7.99. The minimum absolute atomic E-state index is 0.0690. The molecule has 0 aliphatic carbocycles. The zero-order chi connectivity index (χ0) is 18.0. The molecule has 0 atom stereocenters. The maximum absolute atomic E-state index is 12.7. The summed E-state index contributed by atoms with van der Waals surface area (Å²) in [5, 5.41) is 3.46. The minimum atomic E-state index is 0.0690. The van der Waals surface area contributed by atoms with E-state index in [1.807, 2.05) is 28.0 Å². The topological polar surface area (TPSA) is 52.7 Å². The molecule has 0 bridgehead atoms. The Morgan fingerprint density at radius 3 is 2.58 bits per heavy atom. The second kappa shape index (κ2) is 7.61. The highest BCUT2D eigenvalue weighted by Gasteiger charge is 2.38. The van der Waals surface area contributed by atoms with Crippen molar-refractivity contribution in [3.05, 3.63) is 24.3 Å². The maximum Gasteiger partial charge on any atom is 0.227 e. The summed E-state index contributed by atoms with van der Waals surface area (Å²) in [7, 11) is 0. The molecule has 0 unspecified atom stereocenters. The van der Waals surface area contributed by atoms with Crippen LogP contribution in [0.15, 0.2) is 29.2 Å². The number of likely N-dealkylation sites (tertiary alicyclic amines) is 1. The van der Waals surface area contributed by atoms with Gasteiger partial charge in [0.15, 0.2) is 0 Å². The molecule has 1 aromatic carbocycles.